The van der Waals surface area contributed by atoms with Gasteiger partial charge in [0.25, 0.3) is 0 Å². The molecule has 0 rings (SSSR count). The van der Waals surface area contributed by atoms with Gasteiger partial charge in [0.05, 0.1) is 0 Å². The van der Waals surface area contributed by atoms with Crippen LogP contribution in [-0.2, 0) is 33.6 Å². The second kappa shape index (κ2) is 119. The fourth-order valence-electron chi connectivity index (χ4n) is 11.2. The number of carboxylic acid groups (broad SMARTS) is 7. The average Bonchev–Trinajstić information content (AvgIpc) is 3.84. The van der Waals surface area contributed by atoms with Crippen molar-refractivity contribution in [2.75, 3.05) is 0 Å². The number of aliphatic carboxylic acids is 7. The van der Waals surface area contributed by atoms with E-state index in [1.54, 1.807) is 22.5 Å². The van der Waals surface area contributed by atoms with Crippen LogP contribution in [-0.4, -0.2) is 88.2 Å². The summed E-state index contributed by atoms with van der Waals surface area (Å²) < 4.78 is 1.43. The van der Waals surface area contributed by atoms with Crippen LogP contribution in [0.4, 0.5) is 0 Å². The molecule has 0 amide bonds. The van der Waals surface area contributed by atoms with Crippen LogP contribution in [0, 0.1) is 0 Å². The first-order chi connectivity index (χ1) is 49.8. The molecule has 0 aliphatic heterocycles. The van der Waals surface area contributed by atoms with Crippen molar-refractivity contribution < 1.29 is 69.3 Å². The van der Waals surface area contributed by atoms with Crippen LogP contribution in [0.1, 0.15) is 518 Å². The Bertz CT molecular complexity index is 1300. The second-order valence-electron chi connectivity index (χ2n) is 28.8. The van der Waals surface area contributed by atoms with Gasteiger partial charge in [0, 0.05) is 41.8 Å². The third-order valence-corrected chi connectivity index (χ3v) is 18.9. The van der Waals surface area contributed by atoms with E-state index in [1.165, 1.54) is 332 Å². The van der Waals surface area contributed by atoms with Crippen molar-refractivity contribution in [2.24, 2.45) is 0 Å². The largest absolute Gasteiger partial charge is 4.00 e. The first-order valence-corrected chi connectivity index (χ1v) is 45.9. The van der Waals surface area contributed by atoms with E-state index in [-0.39, 0.29) is 68.9 Å². The minimum Gasteiger partial charge on any atom is 4.00 e. The fourth-order valence-corrected chi connectivity index (χ4v) is 12.2. The predicted octanol–water partition coefficient (Wildman–Crippen LogP) is 19.6. The summed E-state index contributed by atoms with van der Waals surface area (Å²) in [5.41, 5.74) is 0. The standard InChI is InChI=1S/7C12H24O2.C4H9.2Sn/c7*1-2-3-4-5-6-7-8-9-10-11-12(13)14;1-3-4-2;;/h7*2-11H2,1H3,(H,13,14);1,3-4H2,2H3;;/q;;;;;;;;+3;+4/p-7. The monoisotopic (exact) mass is 1690 g/mol. The van der Waals surface area contributed by atoms with Crippen LogP contribution < -0.4 is 35.7 Å². The summed E-state index contributed by atoms with van der Waals surface area (Å²) in [5, 5.41) is 70.7. The van der Waals surface area contributed by atoms with Gasteiger partial charge in [-0.05, 0) is 89.9 Å². The maximum atomic E-state index is 10.1. The number of unbranched alkanes of at least 4 members (excludes halogenated alkanes) is 57. The van der Waals surface area contributed by atoms with Gasteiger partial charge >= 0.3 is 70.6 Å². The van der Waals surface area contributed by atoms with Crippen molar-refractivity contribution in [3.63, 3.8) is 0 Å². The van der Waals surface area contributed by atoms with E-state index in [4.69, 9.17) is 0 Å². The van der Waals surface area contributed by atoms with Gasteiger partial charge in [-0.2, -0.15) is 0 Å². The molecule has 0 aliphatic carbocycles. The molecule has 0 aromatic heterocycles. The van der Waals surface area contributed by atoms with Crippen molar-refractivity contribution in [3.8, 4) is 0 Å². The number of carboxylic acids is 7. The molecule has 0 aromatic carbocycles. The Balaban J connectivity index is -0.000000143. The van der Waals surface area contributed by atoms with Crippen LogP contribution in [0.15, 0.2) is 0 Å². The van der Waals surface area contributed by atoms with Crippen LogP contribution in [0.5, 0.6) is 0 Å². The van der Waals surface area contributed by atoms with Crippen molar-refractivity contribution >= 4 is 88.2 Å². The summed E-state index contributed by atoms with van der Waals surface area (Å²) in [6.07, 6.45) is 80.9. The van der Waals surface area contributed by atoms with Gasteiger partial charge in [-0.25, -0.2) is 0 Å². The van der Waals surface area contributed by atoms with Crippen LogP contribution >= 0.6 is 0 Å². The zero-order valence-electron chi connectivity index (χ0n) is 69.8. The first kappa shape index (κ1) is 120. The molecule has 104 heavy (non-hydrogen) atoms. The molecule has 0 radical (unpaired) electrons. The molecule has 0 saturated carbocycles. The van der Waals surface area contributed by atoms with E-state index in [9.17, 15) is 69.3 Å². The quantitative estimate of drug-likeness (QED) is 0.0404. The number of hydrogen-bond donors (Lipinski definition) is 0. The van der Waals surface area contributed by atoms with Gasteiger partial charge in [-0.3, -0.25) is 0 Å². The van der Waals surface area contributed by atoms with Gasteiger partial charge in [-0.15, -0.1) is 0 Å². The summed E-state index contributed by atoms with van der Waals surface area (Å²) in [7, 11) is 0. The smallest absolute Gasteiger partial charge is 4.00 e. The number of carbonyl (C=O) groups is 7. The maximum absolute atomic E-state index is 10.1. The SMILES string of the molecule is CCCCCCCCCCCC(=O)[O-].CCCCCCCCCCCC(=O)[O-].CCCCCCCCCCCC(=O)[O-].CCCCCCCCCCCC(=O)[O-].CCCCCCCCCCCC(=O)[O-].CCCCCCCCCCCC(=O)[O-].CCCCCCCCCCCC(=O)[O-].CCC[CH2][Sn+3].[Sn+4]. The summed E-state index contributed by atoms with van der Waals surface area (Å²) in [5.74, 6) is -6.37. The Morgan fingerprint density at radius 2 is 0.231 bits per heavy atom. The normalized spacial score (nSPS) is 10.2. The molecule has 614 valence electrons. The number of carbonyl (C=O) groups excluding carboxylic acids is 7. The van der Waals surface area contributed by atoms with E-state index in [2.05, 4.69) is 55.4 Å². The average molecular weight is 1690 g/mol. The van der Waals surface area contributed by atoms with E-state index >= 15 is 0 Å². The third-order valence-electron chi connectivity index (χ3n) is 17.9. The van der Waals surface area contributed by atoms with E-state index in [1.807, 2.05) is 0 Å². The molecule has 0 aromatic rings. The molecule has 0 fully saturated rings. The van der Waals surface area contributed by atoms with Crippen molar-refractivity contribution in [1.82, 2.24) is 0 Å². The molecule has 16 heteroatoms. The van der Waals surface area contributed by atoms with E-state index in [0.717, 1.165) is 89.9 Å². The van der Waals surface area contributed by atoms with Gasteiger partial charge in [0.2, 0.25) is 0 Å². The Morgan fingerprint density at radius 1 is 0.154 bits per heavy atom. The number of hydrogen-bond acceptors (Lipinski definition) is 14. The molecule has 0 spiro atoms. The van der Waals surface area contributed by atoms with E-state index in [0.29, 0.717) is 0 Å². The molecule has 0 N–H and O–H groups in total. The Kier molecular flexibility index (Phi) is 138. The minimum absolute atomic E-state index is 0. The topological polar surface area (TPSA) is 281 Å². The third kappa shape index (κ3) is 165. The second-order valence-corrected chi connectivity index (χ2v) is 30.2. The molecule has 0 aliphatic rings. The van der Waals surface area contributed by atoms with Gasteiger partial charge in [-0.1, -0.05) is 408 Å². The van der Waals surface area contributed by atoms with Gasteiger partial charge in [0.15, 0.2) is 0 Å². The zero-order chi connectivity index (χ0) is 78.7. The molecule has 14 nitrogen and oxygen atoms in total. The van der Waals surface area contributed by atoms with Crippen molar-refractivity contribution in [1.29, 1.82) is 0 Å². The van der Waals surface area contributed by atoms with Crippen LogP contribution in [0.2, 0.25) is 4.44 Å². The minimum atomic E-state index is -0.909. The fraction of sp³-hybridized carbons (Fsp3) is 0.920. The van der Waals surface area contributed by atoms with Crippen molar-refractivity contribution in [2.45, 2.75) is 522 Å². The zero-order valence-corrected chi connectivity index (χ0v) is 75.5. The molecule has 0 atom stereocenters. The Hall–Kier alpha value is -2.11. The van der Waals surface area contributed by atoms with Crippen LogP contribution in [0.25, 0.3) is 0 Å². The molecule has 0 saturated heterocycles. The molecular weight excluding hydrogens is 1520 g/mol. The summed E-state index contributed by atoms with van der Waals surface area (Å²) in [6, 6.07) is 0. The Labute approximate surface area is 675 Å². The number of rotatable bonds is 72. The molecule has 0 unspecified atom stereocenters. The summed E-state index contributed by atoms with van der Waals surface area (Å²) in [6.45, 7) is 17.8. The van der Waals surface area contributed by atoms with Crippen LogP contribution in [0.3, 0.4) is 0 Å². The molecule has 0 heterocycles. The first-order valence-electron chi connectivity index (χ1n) is 43.8. The summed E-state index contributed by atoms with van der Waals surface area (Å²) in [4.78, 5) is 70.7. The molecular formula is C88H170O14Sn2. The maximum Gasteiger partial charge on any atom is 4.00 e. The van der Waals surface area contributed by atoms with Crippen molar-refractivity contribution in [3.05, 3.63) is 0 Å². The Morgan fingerprint density at radius 3 is 0.288 bits per heavy atom. The predicted molar refractivity (Wildman–Crippen MR) is 429 cm³/mol. The summed E-state index contributed by atoms with van der Waals surface area (Å²) >= 11 is 1.68. The molecule has 0 bridgehead atoms. The van der Waals surface area contributed by atoms with Gasteiger partial charge < -0.3 is 69.3 Å². The van der Waals surface area contributed by atoms with Gasteiger partial charge in [0.1, 0.15) is 0 Å². The van der Waals surface area contributed by atoms with E-state index < -0.39 is 41.8 Å².